The van der Waals surface area contributed by atoms with Gasteiger partial charge in [-0.2, -0.15) is 0 Å². The molecule has 0 saturated carbocycles. The smallest absolute Gasteiger partial charge is 0.302 e. The van der Waals surface area contributed by atoms with Gasteiger partial charge in [0.05, 0.1) is 6.61 Å². The van der Waals surface area contributed by atoms with Crippen LogP contribution in [0, 0.1) is 0 Å². The van der Waals surface area contributed by atoms with Crippen LogP contribution in [0.4, 0.5) is 0 Å². The van der Waals surface area contributed by atoms with Crippen molar-refractivity contribution in [3.05, 3.63) is 35.9 Å². The van der Waals surface area contributed by atoms with E-state index in [1.807, 2.05) is 30.3 Å². The van der Waals surface area contributed by atoms with Crippen molar-refractivity contribution in [2.24, 2.45) is 0 Å². The second kappa shape index (κ2) is 7.85. The van der Waals surface area contributed by atoms with Crippen molar-refractivity contribution < 1.29 is 14.6 Å². The maximum atomic E-state index is 10.6. The molecule has 0 fully saturated rings. The van der Waals surface area contributed by atoms with E-state index in [-0.39, 0.29) is 18.5 Å². The first kappa shape index (κ1) is 13.7. The maximum Gasteiger partial charge on any atom is 0.302 e. The summed E-state index contributed by atoms with van der Waals surface area (Å²) >= 11 is 0. The Labute approximate surface area is 102 Å². The number of esters is 1. The normalized spacial score (nSPS) is 12.1. The molecule has 0 amide bonds. The third-order valence-corrected chi connectivity index (χ3v) is 2.74. The molecule has 1 aromatic rings. The van der Waals surface area contributed by atoms with Crippen molar-refractivity contribution in [3.63, 3.8) is 0 Å². The van der Waals surface area contributed by atoms with Gasteiger partial charge in [-0.3, -0.25) is 4.79 Å². The van der Waals surface area contributed by atoms with E-state index in [1.54, 1.807) is 0 Å². The van der Waals surface area contributed by atoms with Gasteiger partial charge in [-0.1, -0.05) is 30.3 Å². The van der Waals surface area contributed by atoms with Crippen LogP contribution in [0.1, 0.15) is 37.7 Å². The van der Waals surface area contributed by atoms with E-state index in [4.69, 9.17) is 4.74 Å². The van der Waals surface area contributed by atoms with Crippen molar-refractivity contribution in [1.82, 2.24) is 0 Å². The van der Waals surface area contributed by atoms with Crippen LogP contribution in [0.3, 0.4) is 0 Å². The average molecular weight is 236 g/mol. The second-order valence-electron chi connectivity index (χ2n) is 4.13. The van der Waals surface area contributed by atoms with Crippen LogP contribution in [0.5, 0.6) is 0 Å². The number of aliphatic hydroxyl groups is 1. The Morgan fingerprint density at radius 2 is 2.00 bits per heavy atom. The van der Waals surface area contributed by atoms with Crippen LogP contribution in [-0.2, 0) is 9.53 Å². The number of hydrogen-bond donors (Lipinski definition) is 1. The molecule has 0 heterocycles. The highest BCUT2D eigenvalue weighted by Crippen LogP contribution is 2.21. The zero-order valence-electron chi connectivity index (χ0n) is 10.3. The van der Waals surface area contributed by atoms with Gasteiger partial charge in [0.25, 0.3) is 0 Å². The summed E-state index contributed by atoms with van der Waals surface area (Å²) in [6.45, 7) is 2.06. The maximum absolute atomic E-state index is 10.6. The fraction of sp³-hybridized carbons (Fsp3) is 0.500. The molecule has 0 spiro atoms. The highest BCUT2D eigenvalue weighted by molar-refractivity contribution is 5.65. The molecule has 0 saturated heterocycles. The minimum Gasteiger partial charge on any atom is -0.466 e. The number of aliphatic hydroxyl groups excluding tert-OH is 1. The summed E-state index contributed by atoms with van der Waals surface area (Å²) in [5.41, 5.74) is 1.17. The Bertz CT molecular complexity index is 321. The molecule has 3 nitrogen and oxygen atoms in total. The summed E-state index contributed by atoms with van der Waals surface area (Å²) in [5, 5.41) is 9.34. The van der Waals surface area contributed by atoms with Crippen LogP contribution in [0.25, 0.3) is 0 Å². The Morgan fingerprint density at radius 1 is 1.29 bits per heavy atom. The molecule has 0 aliphatic heterocycles. The van der Waals surface area contributed by atoms with E-state index in [1.165, 1.54) is 12.5 Å². The van der Waals surface area contributed by atoms with Crippen molar-refractivity contribution in [1.29, 1.82) is 0 Å². The van der Waals surface area contributed by atoms with Crippen molar-refractivity contribution >= 4 is 5.97 Å². The fourth-order valence-corrected chi connectivity index (χ4v) is 1.80. The van der Waals surface area contributed by atoms with Gasteiger partial charge < -0.3 is 9.84 Å². The number of ether oxygens (including phenoxy) is 1. The zero-order chi connectivity index (χ0) is 12.5. The van der Waals surface area contributed by atoms with Gasteiger partial charge in [0.1, 0.15) is 0 Å². The van der Waals surface area contributed by atoms with E-state index < -0.39 is 0 Å². The number of carbonyl (C=O) groups is 1. The molecular formula is C14H20O3. The van der Waals surface area contributed by atoms with Gasteiger partial charge in [-0.15, -0.1) is 0 Å². The lowest BCUT2D eigenvalue weighted by Crippen LogP contribution is -2.05. The van der Waals surface area contributed by atoms with Crippen LogP contribution >= 0.6 is 0 Å². The van der Waals surface area contributed by atoms with Gasteiger partial charge in [0.15, 0.2) is 0 Å². The number of carbonyl (C=O) groups excluding carboxylic acids is 1. The average Bonchev–Trinajstić information content (AvgIpc) is 2.34. The Kier molecular flexibility index (Phi) is 6.33. The zero-order valence-corrected chi connectivity index (χ0v) is 10.3. The van der Waals surface area contributed by atoms with Gasteiger partial charge in [0.2, 0.25) is 0 Å². The fourth-order valence-electron chi connectivity index (χ4n) is 1.80. The lowest BCUT2D eigenvalue weighted by molar-refractivity contribution is -0.141. The molecule has 3 heteroatoms. The minimum absolute atomic E-state index is 0.164. The molecule has 1 rings (SSSR count). The van der Waals surface area contributed by atoms with Crippen LogP contribution < -0.4 is 0 Å². The molecular weight excluding hydrogens is 216 g/mol. The van der Waals surface area contributed by atoms with E-state index in [2.05, 4.69) is 0 Å². The SMILES string of the molecule is CC(=O)OCCCC[C@H](CO)c1ccccc1. The quantitative estimate of drug-likeness (QED) is 0.584. The second-order valence-corrected chi connectivity index (χ2v) is 4.13. The molecule has 0 aliphatic carbocycles. The molecule has 1 aromatic carbocycles. The molecule has 0 unspecified atom stereocenters. The summed E-state index contributed by atoms with van der Waals surface area (Å²) in [5.74, 6) is -0.0414. The summed E-state index contributed by atoms with van der Waals surface area (Å²) in [7, 11) is 0. The van der Waals surface area contributed by atoms with E-state index in [0.29, 0.717) is 6.61 Å². The highest BCUT2D eigenvalue weighted by atomic mass is 16.5. The summed E-state index contributed by atoms with van der Waals surface area (Å²) < 4.78 is 4.86. The number of unbranched alkanes of at least 4 members (excludes halogenated alkanes) is 1. The van der Waals surface area contributed by atoms with Crippen LogP contribution in [0.15, 0.2) is 30.3 Å². The standard InChI is InChI=1S/C14H20O3/c1-12(16)17-10-6-5-9-14(11-15)13-7-3-2-4-8-13/h2-4,7-8,14-15H,5-6,9-11H2,1H3/t14-/m1/s1. The van der Waals surface area contributed by atoms with Gasteiger partial charge in [0, 0.05) is 19.4 Å². The molecule has 0 radical (unpaired) electrons. The largest absolute Gasteiger partial charge is 0.466 e. The van der Waals surface area contributed by atoms with Crippen molar-refractivity contribution in [3.8, 4) is 0 Å². The highest BCUT2D eigenvalue weighted by Gasteiger charge is 2.09. The molecule has 0 aromatic heterocycles. The molecule has 1 N–H and O–H groups in total. The Morgan fingerprint density at radius 3 is 2.59 bits per heavy atom. The molecule has 0 aliphatic rings. The monoisotopic (exact) mass is 236 g/mol. The lowest BCUT2D eigenvalue weighted by atomic mass is 9.94. The predicted octanol–water partition coefficient (Wildman–Crippen LogP) is 2.50. The molecule has 1 atom stereocenters. The first-order chi connectivity index (χ1) is 8.24. The van der Waals surface area contributed by atoms with Gasteiger partial charge >= 0.3 is 5.97 Å². The summed E-state index contributed by atoms with van der Waals surface area (Å²) in [6.07, 6.45) is 2.72. The first-order valence-corrected chi connectivity index (χ1v) is 6.03. The summed E-state index contributed by atoms with van der Waals surface area (Å²) in [4.78, 5) is 10.6. The number of rotatable bonds is 7. The Hall–Kier alpha value is -1.35. The van der Waals surface area contributed by atoms with Gasteiger partial charge in [-0.25, -0.2) is 0 Å². The van der Waals surface area contributed by atoms with Crippen molar-refractivity contribution in [2.75, 3.05) is 13.2 Å². The number of benzene rings is 1. The summed E-state index contributed by atoms with van der Waals surface area (Å²) in [6, 6.07) is 10.0. The lowest BCUT2D eigenvalue weighted by Gasteiger charge is -2.14. The first-order valence-electron chi connectivity index (χ1n) is 6.03. The van der Waals surface area contributed by atoms with Gasteiger partial charge in [-0.05, 0) is 24.8 Å². The number of hydrogen-bond acceptors (Lipinski definition) is 3. The predicted molar refractivity (Wildman–Crippen MR) is 66.8 cm³/mol. The van der Waals surface area contributed by atoms with Crippen LogP contribution in [0.2, 0.25) is 0 Å². The minimum atomic E-state index is -0.230. The molecule has 0 bridgehead atoms. The van der Waals surface area contributed by atoms with E-state index in [0.717, 1.165) is 19.3 Å². The third kappa shape index (κ3) is 5.50. The topological polar surface area (TPSA) is 46.5 Å². The molecule has 17 heavy (non-hydrogen) atoms. The van der Waals surface area contributed by atoms with Crippen LogP contribution in [-0.4, -0.2) is 24.3 Å². The van der Waals surface area contributed by atoms with E-state index in [9.17, 15) is 9.90 Å². The van der Waals surface area contributed by atoms with Crippen molar-refractivity contribution in [2.45, 2.75) is 32.1 Å². The molecule has 94 valence electrons. The third-order valence-electron chi connectivity index (χ3n) is 2.74. The Balaban J connectivity index is 2.26. The van der Waals surface area contributed by atoms with E-state index >= 15 is 0 Å².